The van der Waals surface area contributed by atoms with Crippen LogP contribution in [0.5, 0.6) is 0 Å². The molecule has 0 saturated carbocycles. The maximum Gasteiger partial charge on any atom is 0.356 e. The molecule has 3 aromatic rings. The van der Waals surface area contributed by atoms with Crippen LogP contribution in [0.15, 0.2) is 42.9 Å². The van der Waals surface area contributed by atoms with Crippen LogP contribution in [0.3, 0.4) is 0 Å². The highest BCUT2D eigenvalue weighted by Gasteiger charge is 2.19. The fourth-order valence-electron chi connectivity index (χ4n) is 2.25. The Morgan fingerprint density at radius 3 is 2.81 bits per heavy atom. The second kappa shape index (κ2) is 7.36. The van der Waals surface area contributed by atoms with Gasteiger partial charge >= 0.3 is 5.97 Å². The van der Waals surface area contributed by atoms with E-state index in [1.54, 1.807) is 17.7 Å². The molecule has 0 aliphatic rings. The first-order valence-corrected chi connectivity index (χ1v) is 8.03. The van der Waals surface area contributed by atoms with Crippen molar-refractivity contribution >= 4 is 29.4 Å². The zero-order valence-corrected chi connectivity index (χ0v) is 14.5. The van der Waals surface area contributed by atoms with Crippen LogP contribution in [0.2, 0.25) is 5.02 Å². The summed E-state index contributed by atoms with van der Waals surface area (Å²) in [6, 6.07) is 7.96. The van der Waals surface area contributed by atoms with Crippen LogP contribution < -0.4 is 5.32 Å². The van der Waals surface area contributed by atoms with Crippen molar-refractivity contribution in [2.24, 2.45) is 0 Å². The number of nitrogens with zero attached hydrogens (tertiary/aromatic N) is 5. The van der Waals surface area contributed by atoms with E-state index in [9.17, 15) is 9.59 Å². The normalized spacial score (nSPS) is 11.9. The van der Waals surface area contributed by atoms with Gasteiger partial charge in [-0.15, -0.1) is 5.10 Å². The predicted molar refractivity (Wildman–Crippen MR) is 93.1 cm³/mol. The van der Waals surface area contributed by atoms with Crippen LogP contribution >= 0.6 is 11.6 Å². The highest BCUT2D eigenvalue weighted by molar-refractivity contribution is 6.30. The number of carbonyl (C=O) groups is 2. The number of amides is 1. The molecule has 1 unspecified atom stereocenters. The summed E-state index contributed by atoms with van der Waals surface area (Å²) in [5.74, 6) is -1.42. The number of nitrogens with one attached hydrogen (secondary N) is 1. The van der Waals surface area contributed by atoms with Crippen molar-refractivity contribution in [2.45, 2.75) is 19.5 Å². The zero-order chi connectivity index (χ0) is 18.7. The molecule has 10 heteroatoms. The minimum absolute atomic E-state index is 0.131. The van der Waals surface area contributed by atoms with Gasteiger partial charge in [-0.3, -0.25) is 14.8 Å². The van der Waals surface area contributed by atoms with Crippen LogP contribution in [-0.2, 0) is 11.3 Å². The standard InChI is InChI=1S/C16H15ClN6O3/c1-10(23-6-5-13(20-23)15(25)26)14(24)19-16-18-9-22(21-16)8-11-3-2-4-12(17)7-11/h2-7,9-10H,8H2,1H3,(H,25,26)(H,19,21,24). The molecule has 0 aliphatic heterocycles. The van der Waals surface area contributed by atoms with Crippen molar-refractivity contribution in [2.75, 3.05) is 5.32 Å². The summed E-state index contributed by atoms with van der Waals surface area (Å²) in [5.41, 5.74) is 0.819. The van der Waals surface area contributed by atoms with Gasteiger partial charge in [0.05, 0.1) is 6.54 Å². The van der Waals surface area contributed by atoms with E-state index in [4.69, 9.17) is 16.7 Å². The van der Waals surface area contributed by atoms with Crippen molar-refractivity contribution in [3.05, 3.63) is 59.1 Å². The molecule has 26 heavy (non-hydrogen) atoms. The number of aromatic carboxylic acids is 1. The summed E-state index contributed by atoms with van der Waals surface area (Å²) in [7, 11) is 0. The lowest BCUT2D eigenvalue weighted by Gasteiger charge is -2.10. The van der Waals surface area contributed by atoms with Gasteiger partial charge in [0.1, 0.15) is 12.4 Å². The van der Waals surface area contributed by atoms with Crippen LogP contribution in [0, 0.1) is 0 Å². The first kappa shape index (κ1) is 17.6. The van der Waals surface area contributed by atoms with E-state index in [1.807, 2.05) is 18.2 Å². The Morgan fingerprint density at radius 2 is 2.12 bits per heavy atom. The van der Waals surface area contributed by atoms with E-state index in [1.165, 1.54) is 23.3 Å². The number of halogens is 1. The van der Waals surface area contributed by atoms with Crippen LogP contribution in [-0.4, -0.2) is 41.5 Å². The van der Waals surface area contributed by atoms with E-state index >= 15 is 0 Å². The Balaban J connectivity index is 1.64. The quantitative estimate of drug-likeness (QED) is 0.682. The molecule has 3 rings (SSSR count). The van der Waals surface area contributed by atoms with Crippen molar-refractivity contribution in [3.63, 3.8) is 0 Å². The van der Waals surface area contributed by atoms with E-state index < -0.39 is 17.9 Å². The average molecular weight is 375 g/mol. The monoisotopic (exact) mass is 374 g/mol. The van der Waals surface area contributed by atoms with Crippen molar-refractivity contribution in [1.29, 1.82) is 0 Å². The molecular weight excluding hydrogens is 360 g/mol. The van der Waals surface area contributed by atoms with Crippen molar-refractivity contribution in [3.8, 4) is 0 Å². The summed E-state index contributed by atoms with van der Waals surface area (Å²) in [4.78, 5) is 27.2. The van der Waals surface area contributed by atoms with Crippen LogP contribution in [0.4, 0.5) is 5.95 Å². The molecule has 0 saturated heterocycles. The minimum atomic E-state index is -1.15. The Labute approximate surface area is 153 Å². The fraction of sp³-hybridized carbons (Fsp3) is 0.188. The molecule has 0 radical (unpaired) electrons. The third kappa shape index (κ3) is 4.06. The Kier molecular flexibility index (Phi) is 4.99. The van der Waals surface area contributed by atoms with E-state index in [-0.39, 0.29) is 11.6 Å². The van der Waals surface area contributed by atoms with Gasteiger partial charge in [0.2, 0.25) is 5.95 Å². The number of carbonyl (C=O) groups excluding carboxylic acids is 1. The number of hydrogen-bond acceptors (Lipinski definition) is 5. The summed E-state index contributed by atoms with van der Waals surface area (Å²) in [6.45, 7) is 2.05. The van der Waals surface area contributed by atoms with Gasteiger partial charge in [-0.25, -0.2) is 14.5 Å². The molecular formula is C16H15ClN6O3. The summed E-state index contributed by atoms with van der Waals surface area (Å²) in [5, 5.41) is 20.1. The molecule has 2 aromatic heterocycles. The van der Waals surface area contributed by atoms with Gasteiger partial charge in [-0.2, -0.15) is 5.10 Å². The largest absolute Gasteiger partial charge is 0.476 e. The van der Waals surface area contributed by atoms with Gasteiger partial charge in [0.25, 0.3) is 5.91 Å². The topological polar surface area (TPSA) is 115 Å². The summed E-state index contributed by atoms with van der Waals surface area (Å²) in [6.07, 6.45) is 2.93. The highest BCUT2D eigenvalue weighted by atomic mass is 35.5. The third-order valence-electron chi connectivity index (χ3n) is 3.61. The summed E-state index contributed by atoms with van der Waals surface area (Å²) < 4.78 is 2.84. The molecule has 0 spiro atoms. The molecule has 1 atom stereocenters. The number of hydrogen-bond donors (Lipinski definition) is 2. The molecule has 2 N–H and O–H groups in total. The Bertz CT molecular complexity index is 951. The SMILES string of the molecule is CC(C(=O)Nc1ncn(Cc2cccc(Cl)c2)n1)n1ccc(C(=O)O)n1. The van der Waals surface area contributed by atoms with Gasteiger partial charge in [0, 0.05) is 11.2 Å². The van der Waals surface area contributed by atoms with E-state index in [0.29, 0.717) is 11.6 Å². The zero-order valence-electron chi connectivity index (χ0n) is 13.7. The molecule has 0 aliphatic carbocycles. The third-order valence-corrected chi connectivity index (χ3v) is 3.84. The van der Waals surface area contributed by atoms with Gasteiger partial charge in [0.15, 0.2) is 5.69 Å². The number of carboxylic acid groups (broad SMARTS) is 1. The maximum atomic E-state index is 12.3. The smallest absolute Gasteiger partial charge is 0.356 e. The lowest BCUT2D eigenvalue weighted by molar-refractivity contribution is -0.119. The first-order chi connectivity index (χ1) is 12.4. The van der Waals surface area contributed by atoms with E-state index in [0.717, 1.165) is 5.56 Å². The number of anilines is 1. The lowest BCUT2D eigenvalue weighted by Crippen LogP contribution is -2.25. The number of aromatic nitrogens is 5. The number of carboxylic acids is 1. The highest BCUT2D eigenvalue weighted by Crippen LogP contribution is 2.13. The first-order valence-electron chi connectivity index (χ1n) is 7.65. The van der Waals surface area contributed by atoms with Gasteiger partial charge in [-0.05, 0) is 30.7 Å². The molecule has 0 fully saturated rings. The predicted octanol–water partition coefficient (Wildman–Crippen LogP) is 2.07. The van der Waals surface area contributed by atoms with E-state index in [2.05, 4.69) is 20.5 Å². The van der Waals surface area contributed by atoms with Crippen LogP contribution in [0.1, 0.15) is 29.0 Å². The van der Waals surface area contributed by atoms with Gasteiger partial charge < -0.3 is 5.11 Å². The van der Waals surface area contributed by atoms with Crippen LogP contribution in [0.25, 0.3) is 0 Å². The fourth-order valence-corrected chi connectivity index (χ4v) is 2.47. The minimum Gasteiger partial charge on any atom is -0.476 e. The van der Waals surface area contributed by atoms with Crippen molar-refractivity contribution in [1.82, 2.24) is 24.5 Å². The molecule has 9 nitrogen and oxygen atoms in total. The van der Waals surface area contributed by atoms with Gasteiger partial charge in [-0.1, -0.05) is 23.7 Å². The molecule has 1 amide bonds. The Hall–Kier alpha value is -3.20. The number of rotatable bonds is 6. The number of benzene rings is 1. The average Bonchev–Trinajstić information content (AvgIpc) is 3.24. The maximum absolute atomic E-state index is 12.3. The summed E-state index contributed by atoms with van der Waals surface area (Å²) >= 11 is 5.95. The second-order valence-corrected chi connectivity index (χ2v) is 5.98. The molecule has 134 valence electrons. The Morgan fingerprint density at radius 1 is 1.31 bits per heavy atom. The molecule has 1 aromatic carbocycles. The van der Waals surface area contributed by atoms with Crippen molar-refractivity contribution < 1.29 is 14.7 Å². The lowest BCUT2D eigenvalue weighted by atomic mass is 10.2. The molecule has 0 bridgehead atoms. The second-order valence-electron chi connectivity index (χ2n) is 5.55. The molecule has 2 heterocycles.